The molecule has 0 saturated carbocycles. The fourth-order valence-corrected chi connectivity index (χ4v) is 4.09. The molecule has 0 spiro atoms. The molecule has 3 heterocycles. The first kappa shape index (κ1) is 20.8. The Kier molecular flexibility index (Phi) is 7.26. The van der Waals surface area contributed by atoms with Crippen LogP contribution in [0.4, 0.5) is 0 Å². The van der Waals surface area contributed by atoms with E-state index in [-0.39, 0.29) is 0 Å². The summed E-state index contributed by atoms with van der Waals surface area (Å²) in [5.74, 6) is 2.84. The number of benzene rings is 1. The molecule has 0 radical (unpaired) electrons. The molecule has 1 unspecified atom stereocenters. The number of aliphatic imine (C=N–C) groups is 1. The van der Waals surface area contributed by atoms with E-state index in [1.165, 1.54) is 12.0 Å². The van der Waals surface area contributed by atoms with Gasteiger partial charge in [-0.3, -0.25) is 4.90 Å². The first-order chi connectivity index (χ1) is 14.8. The second-order valence-corrected chi connectivity index (χ2v) is 7.78. The van der Waals surface area contributed by atoms with Crippen molar-refractivity contribution >= 4 is 5.96 Å². The van der Waals surface area contributed by atoms with Crippen LogP contribution in [0.5, 0.6) is 5.75 Å². The van der Waals surface area contributed by atoms with Crippen LogP contribution >= 0.6 is 0 Å². The van der Waals surface area contributed by atoms with Crippen molar-refractivity contribution in [2.24, 2.45) is 4.99 Å². The van der Waals surface area contributed by atoms with Crippen molar-refractivity contribution in [3.05, 3.63) is 54.0 Å². The van der Waals surface area contributed by atoms with Crippen LogP contribution < -0.4 is 10.1 Å². The summed E-state index contributed by atoms with van der Waals surface area (Å²) < 4.78 is 16.2. The molecule has 0 aliphatic carbocycles. The van der Waals surface area contributed by atoms with Crippen molar-refractivity contribution in [3.63, 3.8) is 0 Å². The molecule has 2 aromatic rings. The Morgan fingerprint density at radius 1 is 1.17 bits per heavy atom. The predicted molar refractivity (Wildman–Crippen MR) is 117 cm³/mol. The Morgan fingerprint density at radius 3 is 2.73 bits per heavy atom. The van der Waals surface area contributed by atoms with E-state index in [9.17, 15) is 0 Å². The zero-order valence-electron chi connectivity index (χ0n) is 17.8. The Balaban J connectivity index is 1.39. The summed E-state index contributed by atoms with van der Waals surface area (Å²) in [5, 5.41) is 3.56. The van der Waals surface area contributed by atoms with Gasteiger partial charge < -0.3 is 24.1 Å². The van der Waals surface area contributed by atoms with Gasteiger partial charge in [0, 0.05) is 45.2 Å². The largest absolute Gasteiger partial charge is 0.497 e. The summed E-state index contributed by atoms with van der Waals surface area (Å²) in [6.07, 6.45) is 3.73. The van der Waals surface area contributed by atoms with Gasteiger partial charge in [0.25, 0.3) is 0 Å². The molecule has 7 nitrogen and oxygen atoms in total. The number of nitrogens with one attached hydrogen (secondary N) is 1. The molecule has 1 N–H and O–H groups in total. The highest BCUT2D eigenvalue weighted by molar-refractivity contribution is 5.80. The standard InChI is InChI=1S/C23H32N4O3/c1-28-21-6-4-19(5-7-21)17-25-23(24-10-8-22-3-2-14-30-22)27-11-9-20(18-27)26-12-15-29-16-13-26/h2-7,14,20H,8-13,15-18H2,1H3,(H,24,25). The topological polar surface area (TPSA) is 62.5 Å². The summed E-state index contributed by atoms with van der Waals surface area (Å²) in [6.45, 7) is 7.23. The predicted octanol–water partition coefficient (Wildman–Crippen LogP) is 2.38. The van der Waals surface area contributed by atoms with Gasteiger partial charge in [-0.05, 0) is 36.2 Å². The third kappa shape index (κ3) is 5.55. The molecule has 0 bridgehead atoms. The van der Waals surface area contributed by atoms with E-state index in [0.29, 0.717) is 12.6 Å². The van der Waals surface area contributed by atoms with E-state index in [4.69, 9.17) is 18.9 Å². The molecule has 1 aromatic heterocycles. The summed E-state index contributed by atoms with van der Waals surface area (Å²) >= 11 is 0. The highest BCUT2D eigenvalue weighted by Crippen LogP contribution is 2.18. The molecule has 0 amide bonds. The molecule has 2 saturated heterocycles. The third-order valence-corrected chi connectivity index (χ3v) is 5.83. The zero-order valence-corrected chi connectivity index (χ0v) is 17.8. The fourth-order valence-electron chi connectivity index (χ4n) is 4.09. The number of guanidine groups is 1. The Bertz CT molecular complexity index is 785. The van der Waals surface area contributed by atoms with Crippen molar-refractivity contribution in [1.82, 2.24) is 15.1 Å². The van der Waals surface area contributed by atoms with Gasteiger partial charge in [0.15, 0.2) is 5.96 Å². The molecule has 2 fully saturated rings. The molecule has 1 atom stereocenters. The van der Waals surface area contributed by atoms with Crippen LogP contribution in [-0.4, -0.2) is 74.8 Å². The Morgan fingerprint density at radius 2 is 2.00 bits per heavy atom. The minimum atomic E-state index is 0.576. The second kappa shape index (κ2) is 10.5. The van der Waals surface area contributed by atoms with Gasteiger partial charge in [0.05, 0.1) is 33.1 Å². The summed E-state index contributed by atoms with van der Waals surface area (Å²) in [6, 6.07) is 12.6. The quantitative estimate of drug-likeness (QED) is 0.557. The van der Waals surface area contributed by atoms with Crippen LogP contribution in [0.1, 0.15) is 17.7 Å². The minimum Gasteiger partial charge on any atom is -0.497 e. The number of ether oxygens (including phenoxy) is 2. The zero-order chi connectivity index (χ0) is 20.6. The molecule has 2 aliphatic rings. The molecule has 1 aromatic carbocycles. The smallest absolute Gasteiger partial charge is 0.194 e. The average Bonchev–Trinajstić information content (AvgIpc) is 3.49. The van der Waals surface area contributed by atoms with Crippen LogP contribution in [-0.2, 0) is 17.7 Å². The normalized spacial score (nSPS) is 20.5. The number of hydrogen-bond acceptors (Lipinski definition) is 5. The van der Waals surface area contributed by atoms with E-state index in [1.807, 2.05) is 24.3 Å². The van der Waals surface area contributed by atoms with E-state index in [1.54, 1.807) is 13.4 Å². The first-order valence-electron chi connectivity index (χ1n) is 10.8. The van der Waals surface area contributed by atoms with Crippen molar-refractivity contribution in [2.75, 3.05) is 53.0 Å². The lowest BCUT2D eigenvalue weighted by Gasteiger charge is -2.32. The Hall–Kier alpha value is -2.51. The maximum atomic E-state index is 5.52. The maximum Gasteiger partial charge on any atom is 0.194 e. The minimum absolute atomic E-state index is 0.576. The summed E-state index contributed by atoms with van der Waals surface area (Å²) in [5.41, 5.74) is 1.17. The lowest BCUT2D eigenvalue weighted by atomic mass is 10.2. The summed E-state index contributed by atoms with van der Waals surface area (Å²) in [4.78, 5) is 9.90. The second-order valence-electron chi connectivity index (χ2n) is 7.78. The molecular weight excluding hydrogens is 380 g/mol. The number of furan rings is 1. The monoisotopic (exact) mass is 412 g/mol. The van der Waals surface area contributed by atoms with Crippen LogP contribution in [0.15, 0.2) is 52.1 Å². The van der Waals surface area contributed by atoms with Crippen molar-refractivity contribution in [3.8, 4) is 5.75 Å². The molecular formula is C23H32N4O3. The van der Waals surface area contributed by atoms with Gasteiger partial charge in [-0.2, -0.15) is 0 Å². The van der Waals surface area contributed by atoms with Crippen molar-refractivity contribution in [1.29, 1.82) is 0 Å². The van der Waals surface area contributed by atoms with Gasteiger partial charge >= 0.3 is 0 Å². The number of nitrogens with zero attached hydrogens (tertiary/aromatic N) is 3. The lowest BCUT2D eigenvalue weighted by molar-refractivity contribution is 0.0195. The van der Waals surface area contributed by atoms with Gasteiger partial charge in [-0.1, -0.05) is 12.1 Å². The number of likely N-dealkylation sites (tertiary alicyclic amines) is 1. The van der Waals surface area contributed by atoms with E-state index in [0.717, 1.165) is 69.8 Å². The molecule has 2 aliphatic heterocycles. The highest BCUT2D eigenvalue weighted by atomic mass is 16.5. The van der Waals surface area contributed by atoms with Crippen LogP contribution in [0.25, 0.3) is 0 Å². The molecule has 30 heavy (non-hydrogen) atoms. The van der Waals surface area contributed by atoms with Crippen LogP contribution in [0, 0.1) is 0 Å². The Labute approximate surface area is 178 Å². The highest BCUT2D eigenvalue weighted by Gasteiger charge is 2.30. The number of rotatable bonds is 7. The number of hydrogen-bond donors (Lipinski definition) is 1. The molecule has 162 valence electrons. The number of morpholine rings is 1. The van der Waals surface area contributed by atoms with Gasteiger partial charge in [-0.15, -0.1) is 0 Å². The third-order valence-electron chi connectivity index (χ3n) is 5.83. The van der Waals surface area contributed by atoms with E-state index in [2.05, 4.69) is 27.2 Å². The van der Waals surface area contributed by atoms with Crippen LogP contribution in [0.2, 0.25) is 0 Å². The maximum absolute atomic E-state index is 5.52. The van der Waals surface area contributed by atoms with E-state index < -0.39 is 0 Å². The van der Waals surface area contributed by atoms with Crippen molar-refractivity contribution in [2.45, 2.75) is 25.4 Å². The lowest BCUT2D eigenvalue weighted by Crippen LogP contribution is -2.47. The van der Waals surface area contributed by atoms with Crippen LogP contribution in [0.3, 0.4) is 0 Å². The van der Waals surface area contributed by atoms with Gasteiger partial charge in [-0.25, -0.2) is 4.99 Å². The summed E-state index contributed by atoms with van der Waals surface area (Å²) in [7, 11) is 1.69. The van der Waals surface area contributed by atoms with Gasteiger partial charge in [0.2, 0.25) is 0 Å². The molecule has 4 rings (SSSR count). The average molecular weight is 413 g/mol. The van der Waals surface area contributed by atoms with E-state index >= 15 is 0 Å². The van der Waals surface area contributed by atoms with Crippen molar-refractivity contribution < 1.29 is 13.9 Å². The SMILES string of the molecule is COc1ccc(CN=C(NCCc2ccco2)N2CCC(N3CCOCC3)C2)cc1. The number of methoxy groups -OCH3 is 1. The fraction of sp³-hybridized carbons (Fsp3) is 0.522. The first-order valence-corrected chi connectivity index (χ1v) is 10.8. The molecule has 7 heteroatoms. The van der Waals surface area contributed by atoms with Gasteiger partial charge in [0.1, 0.15) is 11.5 Å².